The summed E-state index contributed by atoms with van der Waals surface area (Å²) in [6.07, 6.45) is 8.15. The van der Waals surface area contributed by atoms with Gasteiger partial charge in [-0.1, -0.05) is 19.3 Å². The number of hydrogen-bond acceptors (Lipinski definition) is 2. The van der Waals surface area contributed by atoms with Crippen LogP contribution in [0.1, 0.15) is 52.4 Å². The molecule has 15 heavy (non-hydrogen) atoms. The number of nitrogens with one attached hydrogen (secondary N) is 1. The Hall–Kier alpha value is -0.0800. The first-order valence-corrected chi connectivity index (χ1v) is 6.52. The third kappa shape index (κ3) is 2.73. The second kappa shape index (κ2) is 4.42. The SMILES string of the molecule is CC(CC1CCC1)NC(C)(CO)C1CC1. The van der Waals surface area contributed by atoms with Crippen LogP contribution < -0.4 is 5.32 Å². The molecule has 0 aromatic heterocycles. The summed E-state index contributed by atoms with van der Waals surface area (Å²) in [6.45, 7) is 4.74. The monoisotopic (exact) mass is 211 g/mol. The lowest BCUT2D eigenvalue weighted by molar-refractivity contribution is 0.133. The van der Waals surface area contributed by atoms with Crippen molar-refractivity contribution in [2.75, 3.05) is 6.61 Å². The normalized spacial score (nSPS) is 28.2. The van der Waals surface area contributed by atoms with Gasteiger partial charge in [0, 0.05) is 11.6 Å². The Kier molecular flexibility index (Phi) is 3.36. The Balaban J connectivity index is 1.77. The Bertz CT molecular complexity index is 211. The fraction of sp³-hybridized carbons (Fsp3) is 1.00. The molecule has 2 atom stereocenters. The largest absolute Gasteiger partial charge is 0.394 e. The number of aliphatic hydroxyl groups is 1. The smallest absolute Gasteiger partial charge is 0.0613 e. The summed E-state index contributed by atoms with van der Waals surface area (Å²) >= 11 is 0. The molecule has 2 heteroatoms. The molecule has 0 spiro atoms. The van der Waals surface area contributed by atoms with E-state index in [2.05, 4.69) is 19.2 Å². The maximum atomic E-state index is 9.49. The van der Waals surface area contributed by atoms with E-state index in [4.69, 9.17) is 0 Å². The van der Waals surface area contributed by atoms with E-state index in [-0.39, 0.29) is 12.1 Å². The Labute approximate surface area is 93.5 Å². The van der Waals surface area contributed by atoms with Crippen molar-refractivity contribution in [2.45, 2.75) is 64.0 Å². The second-order valence-electron chi connectivity index (χ2n) is 5.93. The van der Waals surface area contributed by atoms with Crippen molar-refractivity contribution >= 4 is 0 Å². The molecular weight excluding hydrogens is 186 g/mol. The third-order valence-corrected chi connectivity index (χ3v) is 4.29. The molecule has 0 aliphatic heterocycles. The molecule has 0 radical (unpaired) electrons. The number of hydrogen-bond donors (Lipinski definition) is 2. The van der Waals surface area contributed by atoms with Crippen LogP contribution in [0.2, 0.25) is 0 Å². The van der Waals surface area contributed by atoms with E-state index in [1.54, 1.807) is 0 Å². The van der Waals surface area contributed by atoms with Crippen molar-refractivity contribution in [1.82, 2.24) is 5.32 Å². The molecule has 2 rings (SSSR count). The first-order valence-electron chi connectivity index (χ1n) is 6.52. The maximum Gasteiger partial charge on any atom is 0.0613 e. The van der Waals surface area contributed by atoms with Gasteiger partial charge in [0.05, 0.1) is 6.61 Å². The van der Waals surface area contributed by atoms with Gasteiger partial charge in [0.15, 0.2) is 0 Å². The first-order chi connectivity index (χ1) is 7.14. The summed E-state index contributed by atoms with van der Waals surface area (Å²) in [5.74, 6) is 1.67. The van der Waals surface area contributed by atoms with Crippen LogP contribution in [0.5, 0.6) is 0 Å². The highest BCUT2D eigenvalue weighted by Crippen LogP contribution is 2.40. The molecule has 2 nitrogen and oxygen atoms in total. The highest BCUT2D eigenvalue weighted by atomic mass is 16.3. The summed E-state index contributed by atoms with van der Waals surface area (Å²) in [7, 11) is 0. The topological polar surface area (TPSA) is 32.3 Å². The summed E-state index contributed by atoms with van der Waals surface area (Å²) < 4.78 is 0. The van der Waals surface area contributed by atoms with Crippen LogP contribution in [0.15, 0.2) is 0 Å². The van der Waals surface area contributed by atoms with Crippen molar-refractivity contribution in [3.05, 3.63) is 0 Å². The molecule has 2 saturated carbocycles. The van der Waals surface area contributed by atoms with Gasteiger partial charge in [0.1, 0.15) is 0 Å². The summed E-state index contributed by atoms with van der Waals surface area (Å²) in [5.41, 5.74) is -0.0108. The van der Waals surface area contributed by atoms with E-state index in [9.17, 15) is 5.11 Å². The molecular formula is C13H25NO. The van der Waals surface area contributed by atoms with Crippen molar-refractivity contribution < 1.29 is 5.11 Å². The lowest BCUT2D eigenvalue weighted by Crippen LogP contribution is -2.52. The number of rotatable bonds is 6. The van der Waals surface area contributed by atoms with Crippen molar-refractivity contribution in [2.24, 2.45) is 11.8 Å². The fourth-order valence-corrected chi connectivity index (χ4v) is 2.86. The van der Waals surface area contributed by atoms with Crippen LogP contribution in [-0.4, -0.2) is 23.3 Å². The minimum Gasteiger partial charge on any atom is -0.394 e. The van der Waals surface area contributed by atoms with Crippen LogP contribution >= 0.6 is 0 Å². The molecule has 2 aliphatic rings. The predicted octanol–water partition coefficient (Wildman–Crippen LogP) is 2.32. The van der Waals surface area contributed by atoms with Gasteiger partial charge in [0.25, 0.3) is 0 Å². The minimum absolute atomic E-state index is 0.0108. The van der Waals surface area contributed by atoms with Gasteiger partial charge in [-0.25, -0.2) is 0 Å². The van der Waals surface area contributed by atoms with Crippen LogP contribution in [0, 0.1) is 11.8 Å². The van der Waals surface area contributed by atoms with E-state index in [1.165, 1.54) is 38.5 Å². The predicted molar refractivity (Wildman–Crippen MR) is 62.8 cm³/mol. The average Bonchev–Trinajstić information content (AvgIpc) is 2.94. The van der Waals surface area contributed by atoms with Gasteiger partial charge in [-0.2, -0.15) is 0 Å². The summed E-state index contributed by atoms with van der Waals surface area (Å²) in [4.78, 5) is 0. The van der Waals surface area contributed by atoms with E-state index in [0.717, 1.165) is 5.92 Å². The third-order valence-electron chi connectivity index (χ3n) is 4.29. The number of aliphatic hydroxyl groups excluding tert-OH is 1. The summed E-state index contributed by atoms with van der Waals surface area (Å²) in [5, 5.41) is 13.1. The molecule has 0 heterocycles. The fourth-order valence-electron chi connectivity index (χ4n) is 2.86. The lowest BCUT2D eigenvalue weighted by Gasteiger charge is -2.35. The summed E-state index contributed by atoms with van der Waals surface area (Å²) in [6, 6.07) is 0.563. The molecule has 0 amide bonds. The van der Waals surface area contributed by atoms with E-state index < -0.39 is 0 Å². The second-order valence-corrected chi connectivity index (χ2v) is 5.93. The Morgan fingerprint density at radius 1 is 1.33 bits per heavy atom. The Morgan fingerprint density at radius 3 is 2.40 bits per heavy atom. The molecule has 0 bridgehead atoms. The standard InChI is InChI=1S/C13H25NO/c1-10(8-11-4-3-5-11)14-13(2,9-15)12-6-7-12/h10-12,14-15H,3-9H2,1-2H3. The molecule has 0 saturated heterocycles. The zero-order chi connectivity index (χ0) is 10.9. The van der Waals surface area contributed by atoms with Gasteiger partial charge in [-0.05, 0) is 44.9 Å². The van der Waals surface area contributed by atoms with Crippen molar-refractivity contribution in [1.29, 1.82) is 0 Å². The van der Waals surface area contributed by atoms with Crippen LogP contribution in [0.3, 0.4) is 0 Å². The quantitative estimate of drug-likeness (QED) is 0.706. The van der Waals surface area contributed by atoms with E-state index in [1.807, 2.05) is 0 Å². The molecule has 2 fully saturated rings. The van der Waals surface area contributed by atoms with Crippen molar-refractivity contribution in [3.8, 4) is 0 Å². The first kappa shape index (κ1) is 11.4. The minimum atomic E-state index is -0.0108. The molecule has 2 N–H and O–H groups in total. The van der Waals surface area contributed by atoms with Gasteiger partial charge in [-0.15, -0.1) is 0 Å². The molecule has 0 aromatic rings. The molecule has 0 aromatic carbocycles. The van der Waals surface area contributed by atoms with Gasteiger partial charge in [0.2, 0.25) is 0 Å². The molecule has 2 aliphatic carbocycles. The van der Waals surface area contributed by atoms with Crippen molar-refractivity contribution in [3.63, 3.8) is 0 Å². The van der Waals surface area contributed by atoms with Crippen LogP contribution in [-0.2, 0) is 0 Å². The van der Waals surface area contributed by atoms with E-state index >= 15 is 0 Å². The molecule has 88 valence electrons. The highest BCUT2D eigenvalue weighted by Gasteiger charge is 2.41. The van der Waals surface area contributed by atoms with Gasteiger partial charge in [-0.3, -0.25) is 0 Å². The van der Waals surface area contributed by atoms with Gasteiger partial charge >= 0.3 is 0 Å². The average molecular weight is 211 g/mol. The van der Waals surface area contributed by atoms with E-state index in [0.29, 0.717) is 12.0 Å². The highest BCUT2D eigenvalue weighted by molar-refractivity contribution is 4.98. The van der Waals surface area contributed by atoms with Gasteiger partial charge < -0.3 is 10.4 Å². The lowest BCUT2D eigenvalue weighted by atomic mass is 9.80. The van der Waals surface area contributed by atoms with Crippen LogP contribution in [0.25, 0.3) is 0 Å². The van der Waals surface area contributed by atoms with Crippen LogP contribution in [0.4, 0.5) is 0 Å². The zero-order valence-electron chi connectivity index (χ0n) is 10.1. The zero-order valence-corrected chi connectivity index (χ0v) is 10.1. The maximum absolute atomic E-state index is 9.49. The Morgan fingerprint density at radius 2 is 2.00 bits per heavy atom. The molecule has 2 unspecified atom stereocenters.